The normalized spacial score (nSPS) is 12.7. The van der Waals surface area contributed by atoms with Crippen LogP contribution in [-0.2, 0) is 10.0 Å². The molecule has 3 aromatic rings. The maximum absolute atomic E-state index is 12.4. The van der Waals surface area contributed by atoms with E-state index in [0.717, 1.165) is 10.0 Å². The van der Waals surface area contributed by atoms with Crippen molar-refractivity contribution in [2.45, 2.75) is 17.9 Å². The molecule has 0 aliphatic rings. The predicted octanol–water partition coefficient (Wildman–Crippen LogP) is 3.55. The van der Waals surface area contributed by atoms with Gasteiger partial charge in [0, 0.05) is 10.0 Å². The summed E-state index contributed by atoms with van der Waals surface area (Å²) < 4.78 is 38.5. The van der Waals surface area contributed by atoms with E-state index in [2.05, 4.69) is 30.8 Å². The van der Waals surface area contributed by atoms with Gasteiger partial charge in [-0.05, 0) is 55.5 Å². The van der Waals surface area contributed by atoms with Crippen molar-refractivity contribution in [2.24, 2.45) is 0 Å². The molecular weight excluding hydrogens is 422 g/mol. The number of rotatable bonds is 6. The van der Waals surface area contributed by atoms with E-state index < -0.39 is 16.1 Å². The average molecular weight is 438 g/mol. The zero-order valence-electron chi connectivity index (χ0n) is 14.0. The minimum Gasteiger partial charge on any atom is -0.497 e. The molecule has 1 unspecified atom stereocenters. The molecule has 0 fully saturated rings. The van der Waals surface area contributed by atoms with E-state index in [9.17, 15) is 8.42 Å². The Morgan fingerprint density at radius 3 is 2.38 bits per heavy atom. The van der Waals surface area contributed by atoms with Gasteiger partial charge in [-0.1, -0.05) is 21.1 Å². The zero-order valence-corrected chi connectivity index (χ0v) is 16.4. The maximum atomic E-state index is 12.4. The van der Waals surface area contributed by atoms with Crippen LogP contribution >= 0.6 is 15.9 Å². The van der Waals surface area contributed by atoms with Crippen LogP contribution in [0.3, 0.4) is 0 Å². The van der Waals surface area contributed by atoms with E-state index in [-0.39, 0.29) is 10.8 Å². The summed E-state index contributed by atoms with van der Waals surface area (Å²) in [5.74, 6) is 1.27. The van der Waals surface area contributed by atoms with Gasteiger partial charge in [0.2, 0.25) is 21.7 Å². The standard InChI is InChI=1S/C17H16BrN3O4S/c1-11(21-26(22,23)15-9-5-13(18)6-10-15)17-19-16(20-25-17)12-3-7-14(24-2)8-4-12/h3-11,21H,1-2H3. The summed E-state index contributed by atoms with van der Waals surface area (Å²) in [6, 6.07) is 12.8. The molecule has 1 heterocycles. The van der Waals surface area contributed by atoms with Gasteiger partial charge in [-0.25, -0.2) is 8.42 Å². The molecule has 0 aliphatic carbocycles. The third-order valence-corrected chi connectivity index (χ3v) is 5.70. The largest absolute Gasteiger partial charge is 0.497 e. The fraction of sp³-hybridized carbons (Fsp3) is 0.176. The van der Waals surface area contributed by atoms with Crippen LogP contribution in [0.4, 0.5) is 0 Å². The second-order valence-corrected chi connectivity index (χ2v) is 8.11. The zero-order chi connectivity index (χ0) is 18.7. The molecule has 2 aromatic carbocycles. The summed E-state index contributed by atoms with van der Waals surface area (Å²) in [7, 11) is -2.12. The summed E-state index contributed by atoms with van der Waals surface area (Å²) in [4.78, 5) is 4.43. The van der Waals surface area contributed by atoms with Gasteiger partial charge in [-0.3, -0.25) is 0 Å². The van der Waals surface area contributed by atoms with Crippen LogP contribution in [-0.4, -0.2) is 25.7 Å². The Morgan fingerprint density at radius 1 is 1.12 bits per heavy atom. The summed E-state index contributed by atoms with van der Waals surface area (Å²) >= 11 is 3.28. The minimum absolute atomic E-state index is 0.155. The van der Waals surface area contributed by atoms with Crippen LogP contribution in [0, 0.1) is 0 Å². The fourth-order valence-electron chi connectivity index (χ4n) is 2.23. The molecule has 7 nitrogen and oxygen atoms in total. The first-order chi connectivity index (χ1) is 12.4. The van der Waals surface area contributed by atoms with Crippen molar-refractivity contribution in [1.82, 2.24) is 14.9 Å². The summed E-state index contributed by atoms with van der Waals surface area (Å²) in [6.07, 6.45) is 0. The molecular formula is C17H16BrN3O4S. The van der Waals surface area contributed by atoms with Gasteiger partial charge in [-0.2, -0.15) is 9.71 Å². The molecule has 0 bridgehead atoms. The van der Waals surface area contributed by atoms with Crippen LogP contribution in [0.2, 0.25) is 0 Å². The molecule has 1 N–H and O–H groups in total. The Morgan fingerprint density at radius 2 is 1.77 bits per heavy atom. The number of methoxy groups -OCH3 is 1. The van der Waals surface area contributed by atoms with Crippen LogP contribution < -0.4 is 9.46 Å². The van der Waals surface area contributed by atoms with Crippen LogP contribution in [0.25, 0.3) is 11.4 Å². The first kappa shape index (κ1) is 18.6. The van der Waals surface area contributed by atoms with E-state index in [4.69, 9.17) is 9.26 Å². The van der Waals surface area contributed by atoms with Gasteiger partial charge < -0.3 is 9.26 Å². The number of nitrogens with zero attached hydrogens (tertiary/aromatic N) is 2. The summed E-state index contributed by atoms with van der Waals surface area (Å²) in [5, 5.41) is 3.91. The van der Waals surface area contributed by atoms with E-state index in [1.165, 1.54) is 12.1 Å². The van der Waals surface area contributed by atoms with Gasteiger partial charge in [0.05, 0.1) is 18.0 Å². The quantitative estimate of drug-likeness (QED) is 0.633. The van der Waals surface area contributed by atoms with Crippen molar-refractivity contribution >= 4 is 26.0 Å². The van der Waals surface area contributed by atoms with Gasteiger partial charge in [0.1, 0.15) is 5.75 Å². The summed E-state index contributed by atoms with van der Waals surface area (Å²) in [5.41, 5.74) is 0.740. The number of aromatic nitrogens is 2. The number of sulfonamides is 1. The molecule has 0 aliphatic heterocycles. The van der Waals surface area contributed by atoms with Crippen LogP contribution in [0.5, 0.6) is 5.75 Å². The minimum atomic E-state index is -3.70. The third-order valence-electron chi connectivity index (χ3n) is 3.62. The third kappa shape index (κ3) is 4.12. The van der Waals surface area contributed by atoms with E-state index in [0.29, 0.717) is 11.6 Å². The maximum Gasteiger partial charge on any atom is 0.244 e. The average Bonchev–Trinajstić information content (AvgIpc) is 3.12. The van der Waals surface area contributed by atoms with Crippen molar-refractivity contribution in [3.63, 3.8) is 0 Å². The van der Waals surface area contributed by atoms with E-state index in [1.54, 1.807) is 50.4 Å². The van der Waals surface area contributed by atoms with E-state index >= 15 is 0 Å². The molecule has 26 heavy (non-hydrogen) atoms. The van der Waals surface area contributed by atoms with Gasteiger partial charge in [0.15, 0.2) is 0 Å². The molecule has 0 radical (unpaired) electrons. The Bertz CT molecular complexity index is 986. The molecule has 0 spiro atoms. The van der Waals surface area contributed by atoms with Gasteiger partial charge in [-0.15, -0.1) is 0 Å². The number of benzene rings is 2. The van der Waals surface area contributed by atoms with E-state index in [1.807, 2.05) is 0 Å². The van der Waals surface area contributed by atoms with Gasteiger partial charge >= 0.3 is 0 Å². The van der Waals surface area contributed by atoms with Crippen molar-refractivity contribution < 1.29 is 17.7 Å². The Labute approximate surface area is 159 Å². The van der Waals surface area contributed by atoms with Crippen LogP contribution in [0.1, 0.15) is 18.9 Å². The number of hydrogen-bond donors (Lipinski definition) is 1. The highest BCUT2D eigenvalue weighted by atomic mass is 79.9. The van der Waals surface area contributed by atoms with Crippen molar-refractivity contribution in [2.75, 3.05) is 7.11 Å². The molecule has 0 saturated heterocycles. The Kier molecular flexibility index (Phi) is 5.40. The SMILES string of the molecule is COc1ccc(-c2noc(C(C)NS(=O)(=O)c3ccc(Br)cc3)n2)cc1. The second-order valence-electron chi connectivity index (χ2n) is 5.48. The fourth-order valence-corrected chi connectivity index (χ4v) is 3.69. The predicted molar refractivity (Wildman–Crippen MR) is 99.2 cm³/mol. The highest BCUT2D eigenvalue weighted by Crippen LogP contribution is 2.22. The first-order valence-electron chi connectivity index (χ1n) is 7.65. The topological polar surface area (TPSA) is 94.3 Å². The van der Waals surface area contributed by atoms with Gasteiger partial charge in [0.25, 0.3) is 0 Å². The molecule has 1 aromatic heterocycles. The lowest BCUT2D eigenvalue weighted by Crippen LogP contribution is -2.27. The number of ether oxygens (including phenoxy) is 1. The highest BCUT2D eigenvalue weighted by molar-refractivity contribution is 9.10. The molecule has 0 amide bonds. The molecule has 3 rings (SSSR count). The van der Waals surface area contributed by atoms with Crippen molar-refractivity contribution in [3.8, 4) is 17.1 Å². The smallest absolute Gasteiger partial charge is 0.244 e. The molecule has 136 valence electrons. The lowest BCUT2D eigenvalue weighted by Gasteiger charge is -2.10. The molecule has 1 atom stereocenters. The lowest BCUT2D eigenvalue weighted by molar-refractivity contribution is 0.354. The van der Waals surface area contributed by atoms with Crippen molar-refractivity contribution in [3.05, 3.63) is 58.9 Å². The highest BCUT2D eigenvalue weighted by Gasteiger charge is 2.22. The Balaban J connectivity index is 1.77. The molecule has 9 heteroatoms. The van der Waals surface area contributed by atoms with Crippen LogP contribution in [0.15, 0.2) is 62.4 Å². The summed E-state index contributed by atoms with van der Waals surface area (Å²) in [6.45, 7) is 1.64. The second kappa shape index (κ2) is 7.56. The lowest BCUT2D eigenvalue weighted by atomic mass is 10.2. The first-order valence-corrected chi connectivity index (χ1v) is 9.92. The van der Waals surface area contributed by atoms with Crippen molar-refractivity contribution in [1.29, 1.82) is 0 Å². The molecule has 0 saturated carbocycles. The Hall–Kier alpha value is -2.23. The monoisotopic (exact) mass is 437 g/mol. The number of hydrogen-bond acceptors (Lipinski definition) is 6. The number of nitrogens with one attached hydrogen (secondary N) is 1. The number of halogens is 1.